The average molecular weight is 348 g/mol. The van der Waals surface area contributed by atoms with E-state index in [0.717, 1.165) is 27.7 Å². The van der Waals surface area contributed by atoms with Gasteiger partial charge < -0.3 is 28.8 Å². The monoisotopic (exact) mass is 348 g/mol. The van der Waals surface area contributed by atoms with Crippen molar-refractivity contribution in [3.63, 3.8) is 0 Å². The molecule has 0 aromatic carbocycles. The molecular formula is C14H20O10. The van der Waals surface area contributed by atoms with Gasteiger partial charge in [0.25, 0.3) is 0 Å². The van der Waals surface area contributed by atoms with Gasteiger partial charge in [-0.15, -0.1) is 0 Å². The highest BCUT2D eigenvalue weighted by Gasteiger charge is 2.51. The maximum atomic E-state index is 11.3. The number of hydrogen-bond donors (Lipinski definition) is 1. The number of carbonyl (C=O) groups excluding carboxylic acids is 4. The zero-order valence-corrected chi connectivity index (χ0v) is 13.7. The van der Waals surface area contributed by atoms with Crippen LogP contribution in [0.2, 0.25) is 0 Å². The highest BCUT2D eigenvalue weighted by atomic mass is 16.7. The summed E-state index contributed by atoms with van der Waals surface area (Å²) in [5, 5.41) is 10.0. The Balaban J connectivity index is 3.11. The summed E-state index contributed by atoms with van der Waals surface area (Å²) in [4.78, 5) is 44.9. The Morgan fingerprint density at radius 2 is 1.25 bits per heavy atom. The molecule has 24 heavy (non-hydrogen) atoms. The lowest BCUT2D eigenvalue weighted by atomic mass is 9.98. The Kier molecular flexibility index (Phi) is 7.11. The highest BCUT2D eigenvalue weighted by Crippen LogP contribution is 2.28. The van der Waals surface area contributed by atoms with Crippen LogP contribution in [0.15, 0.2) is 0 Å². The number of rotatable bonds is 5. The van der Waals surface area contributed by atoms with Crippen molar-refractivity contribution in [2.24, 2.45) is 0 Å². The molecule has 1 aliphatic rings. The van der Waals surface area contributed by atoms with Crippen LogP contribution in [0.3, 0.4) is 0 Å². The first-order valence-corrected chi connectivity index (χ1v) is 7.10. The van der Waals surface area contributed by atoms with Crippen LogP contribution in [0, 0.1) is 0 Å². The van der Waals surface area contributed by atoms with Gasteiger partial charge in [-0.1, -0.05) is 0 Å². The summed E-state index contributed by atoms with van der Waals surface area (Å²) in [5.41, 5.74) is 0. The van der Waals surface area contributed by atoms with Crippen molar-refractivity contribution >= 4 is 23.9 Å². The summed E-state index contributed by atoms with van der Waals surface area (Å²) in [6.07, 6.45) is -6.79. The molecule has 1 heterocycles. The van der Waals surface area contributed by atoms with Crippen LogP contribution in [0.5, 0.6) is 0 Å². The van der Waals surface area contributed by atoms with Crippen molar-refractivity contribution < 1.29 is 48.0 Å². The molecular weight excluding hydrogens is 328 g/mol. The van der Waals surface area contributed by atoms with Crippen molar-refractivity contribution in [3.05, 3.63) is 0 Å². The van der Waals surface area contributed by atoms with Gasteiger partial charge in [0.1, 0.15) is 12.7 Å². The van der Waals surface area contributed by atoms with E-state index in [0.29, 0.717) is 0 Å². The van der Waals surface area contributed by atoms with E-state index in [1.54, 1.807) is 0 Å². The van der Waals surface area contributed by atoms with E-state index in [2.05, 4.69) is 0 Å². The Morgan fingerprint density at radius 3 is 1.71 bits per heavy atom. The van der Waals surface area contributed by atoms with Crippen LogP contribution in [-0.4, -0.2) is 66.3 Å². The highest BCUT2D eigenvalue weighted by molar-refractivity contribution is 5.68. The molecule has 0 amide bonds. The summed E-state index contributed by atoms with van der Waals surface area (Å²) in [7, 11) is 0. The van der Waals surface area contributed by atoms with Crippen molar-refractivity contribution in [1.29, 1.82) is 0 Å². The third kappa shape index (κ3) is 5.78. The first-order valence-electron chi connectivity index (χ1n) is 7.10. The minimum atomic E-state index is -1.68. The predicted molar refractivity (Wildman–Crippen MR) is 74.2 cm³/mol. The van der Waals surface area contributed by atoms with Gasteiger partial charge in [-0.2, -0.15) is 0 Å². The zero-order chi connectivity index (χ0) is 18.4. The molecule has 10 nitrogen and oxygen atoms in total. The Bertz CT molecular complexity index is 502. The van der Waals surface area contributed by atoms with Gasteiger partial charge in [-0.3, -0.25) is 19.2 Å². The largest absolute Gasteiger partial charge is 0.463 e. The molecule has 0 aromatic heterocycles. The number of ether oxygens (including phenoxy) is 5. The molecule has 136 valence electrons. The van der Waals surface area contributed by atoms with E-state index in [-0.39, 0.29) is 6.61 Å². The van der Waals surface area contributed by atoms with E-state index in [4.69, 9.17) is 23.7 Å². The number of hydrogen-bond acceptors (Lipinski definition) is 10. The maximum Gasteiger partial charge on any atom is 0.303 e. The second-order valence-corrected chi connectivity index (χ2v) is 5.09. The van der Waals surface area contributed by atoms with Crippen molar-refractivity contribution in [3.8, 4) is 0 Å². The SMILES string of the molecule is CC(=O)OCC1OC(O)C(OC(C)=O)[C@@H](OC(C)=O)[C@H]1OC(C)=O. The van der Waals surface area contributed by atoms with Crippen molar-refractivity contribution in [1.82, 2.24) is 0 Å². The smallest absolute Gasteiger partial charge is 0.303 e. The predicted octanol–water partition coefficient (Wildman–Crippen LogP) is -0.938. The number of carbonyl (C=O) groups is 4. The standard InChI is InChI=1S/C14H20O10/c1-6(15)20-5-10-11(21-7(2)16)12(22-8(3)17)13(14(19)24-10)23-9(4)18/h10-14,19H,5H2,1-4H3/t10?,11-,12-,13?,14?/m0/s1. The topological polar surface area (TPSA) is 135 Å². The fraction of sp³-hybridized carbons (Fsp3) is 0.714. The molecule has 1 saturated heterocycles. The number of aliphatic hydroxyl groups is 1. The van der Waals surface area contributed by atoms with Gasteiger partial charge in [0.15, 0.2) is 24.6 Å². The van der Waals surface area contributed by atoms with E-state index in [9.17, 15) is 24.3 Å². The molecule has 1 aliphatic heterocycles. The van der Waals surface area contributed by atoms with Gasteiger partial charge in [-0.25, -0.2) is 0 Å². The molecule has 10 heteroatoms. The molecule has 0 aliphatic carbocycles. The van der Waals surface area contributed by atoms with Crippen LogP contribution in [0.1, 0.15) is 27.7 Å². The lowest BCUT2D eigenvalue weighted by Crippen LogP contribution is -2.62. The van der Waals surface area contributed by atoms with Crippen LogP contribution in [-0.2, 0) is 42.9 Å². The van der Waals surface area contributed by atoms with Crippen molar-refractivity contribution in [2.45, 2.75) is 58.4 Å². The fourth-order valence-corrected chi connectivity index (χ4v) is 2.21. The molecule has 5 atom stereocenters. The van der Waals surface area contributed by atoms with Gasteiger partial charge in [0.2, 0.25) is 0 Å². The third-order valence-corrected chi connectivity index (χ3v) is 2.97. The van der Waals surface area contributed by atoms with Crippen LogP contribution >= 0.6 is 0 Å². The van der Waals surface area contributed by atoms with E-state index in [1.165, 1.54) is 0 Å². The first-order chi connectivity index (χ1) is 11.1. The molecule has 0 spiro atoms. The molecule has 1 rings (SSSR count). The average Bonchev–Trinajstić information content (AvgIpc) is 2.42. The number of esters is 4. The summed E-state index contributed by atoms with van der Waals surface area (Å²) < 4.78 is 25.0. The van der Waals surface area contributed by atoms with E-state index < -0.39 is 54.6 Å². The quantitative estimate of drug-likeness (QED) is 0.490. The lowest BCUT2D eigenvalue weighted by molar-refractivity contribution is -0.296. The summed E-state index contributed by atoms with van der Waals surface area (Å²) in [6.45, 7) is 4.09. The normalized spacial score (nSPS) is 29.3. The molecule has 1 N–H and O–H groups in total. The fourth-order valence-electron chi connectivity index (χ4n) is 2.21. The second kappa shape index (κ2) is 8.60. The Hall–Kier alpha value is -2.20. The van der Waals surface area contributed by atoms with Gasteiger partial charge >= 0.3 is 23.9 Å². The van der Waals surface area contributed by atoms with Crippen LogP contribution in [0.25, 0.3) is 0 Å². The minimum absolute atomic E-state index is 0.366. The third-order valence-electron chi connectivity index (χ3n) is 2.97. The van der Waals surface area contributed by atoms with E-state index >= 15 is 0 Å². The molecule has 0 bridgehead atoms. The maximum absolute atomic E-state index is 11.3. The second-order valence-electron chi connectivity index (χ2n) is 5.09. The molecule has 0 saturated carbocycles. The molecule has 1 fully saturated rings. The Morgan fingerprint density at radius 1 is 0.792 bits per heavy atom. The summed E-state index contributed by atoms with van der Waals surface area (Å²) in [5.74, 6) is -2.87. The van der Waals surface area contributed by atoms with Gasteiger partial charge in [-0.05, 0) is 0 Å². The van der Waals surface area contributed by atoms with Gasteiger partial charge in [0.05, 0.1) is 0 Å². The molecule has 0 radical (unpaired) electrons. The Labute approximate surface area is 137 Å². The van der Waals surface area contributed by atoms with Gasteiger partial charge in [0, 0.05) is 27.7 Å². The van der Waals surface area contributed by atoms with E-state index in [1.807, 2.05) is 0 Å². The van der Waals surface area contributed by atoms with Crippen molar-refractivity contribution in [2.75, 3.05) is 6.61 Å². The summed E-state index contributed by atoms with van der Waals surface area (Å²) >= 11 is 0. The minimum Gasteiger partial charge on any atom is -0.463 e. The zero-order valence-electron chi connectivity index (χ0n) is 13.7. The van der Waals surface area contributed by atoms with Crippen LogP contribution in [0.4, 0.5) is 0 Å². The molecule has 3 unspecified atom stereocenters. The lowest BCUT2D eigenvalue weighted by Gasteiger charge is -2.42. The molecule has 0 aromatic rings. The number of aliphatic hydroxyl groups excluding tert-OH is 1. The van der Waals surface area contributed by atoms with Crippen LogP contribution < -0.4 is 0 Å². The summed E-state index contributed by atoms with van der Waals surface area (Å²) in [6, 6.07) is 0. The first kappa shape index (κ1) is 19.8.